The van der Waals surface area contributed by atoms with Crippen LogP contribution in [-0.4, -0.2) is 16.1 Å². The van der Waals surface area contributed by atoms with Crippen molar-refractivity contribution in [1.82, 2.24) is 0 Å². The van der Waals surface area contributed by atoms with E-state index in [2.05, 4.69) is 286 Å². The van der Waals surface area contributed by atoms with E-state index >= 15 is 0 Å². The quantitative estimate of drug-likeness (QED) is 0.154. The Balaban J connectivity index is 0.802. The monoisotopic (exact) mass is 1090 g/mol. The summed E-state index contributed by atoms with van der Waals surface area (Å²) in [7, 11) is -4.42. The Hall–Kier alpha value is -8.41. The fourth-order valence-electron chi connectivity index (χ4n) is 17.5. The molecule has 0 fully saturated rings. The zero-order valence-electron chi connectivity index (χ0n) is 49.3. The van der Waals surface area contributed by atoms with Gasteiger partial charge < -0.3 is 0 Å². The Bertz CT molecular complexity index is 4600. The van der Waals surface area contributed by atoms with Crippen molar-refractivity contribution < 1.29 is 0 Å². The van der Waals surface area contributed by atoms with Crippen LogP contribution in [0.25, 0.3) is 122 Å². The number of benzene rings is 12. The van der Waals surface area contributed by atoms with Crippen molar-refractivity contribution in [1.29, 1.82) is 0 Å². The normalized spacial score (nSPS) is 16.6. The average Bonchev–Trinajstić information content (AvgIpc) is 2.25. The smallest absolute Gasteiger partial charge is 0.0622 e. The fraction of sp³-hybridized carbons (Fsp3) is 0.160. The van der Waals surface area contributed by atoms with Gasteiger partial charge in [0, 0.05) is 16.2 Å². The highest BCUT2D eigenvalue weighted by Gasteiger charge is 2.48. The molecule has 83 heavy (non-hydrogen) atoms. The lowest BCUT2D eigenvalue weighted by molar-refractivity contribution is 0.649. The zero-order valence-corrected chi connectivity index (χ0v) is 51.3. The molecule has 0 radical (unpaired) electrons. The molecule has 0 unspecified atom stereocenters. The molecule has 12 aromatic rings. The third kappa shape index (κ3) is 6.25. The van der Waals surface area contributed by atoms with Crippen LogP contribution in [0.4, 0.5) is 0 Å². The first-order chi connectivity index (χ1) is 40.0. The maximum absolute atomic E-state index is 2.64. The van der Waals surface area contributed by atoms with E-state index in [4.69, 9.17) is 0 Å². The molecule has 2 heterocycles. The number of fused-ring (bicyclic) bond motifs is 19. The number of hydrogen-bond acceptors (Lipinski definition) is 0. The SMILES string of the molecule is CC1(C)c2cc3c(cc2-c2cc4c(cc21)-c1c(cc(-c2cccc5c2[Si](C)(C)c2c(-c6ccccc6)cccc2-5)c2ccccc12)C4(C)C)C(C)(C)c1cc(-c2cccc4c2[Si](C)(C)c2c(-c5ccccc5)cccc2-4)c2ccccc2c1-3. The van der Waals surface area contributed by atoms with Gasteiger partial charge in [0.05, 0.1) is 0 Å². The summed E-state index contributed by atoms with van der Waals surface area (Å²) in [6.45, 7) is 25.4. The molecule has 398 valence electrons. The second-order valence-corrected chi connectivity index (χ2v) is 35.9. The summed E-state index contributed by atoms with van der Waals surface area (Å²) in [5, 5.41) is 11.6. The Morgan fingerprint density at radius 1 is 0.217 bits per heavy atom. The van der Waals surface area contributed by atoms with E-state index in [9.17, 15) is 0 Å². The van der Waals surface area contributed by atoms with E-state index in [1.165, 1.54) is 155 Å². The third-order valence-electron chi connectivity index (χ3n) is 21.4. The van der Waals surface area contributed by atoms with Gasteiger partial charge in [-0.3, -0.25) is 0 Å². The van der Waals surface area contributed by atoms with Crippen LogP contribution in [0.15, 0.2) is 218 Å². The van der Waals surface area contributed by atoms with Gasteiger partial charge in [-0.2, -0.15) is 0 Å². The van der Waals surface area contributed by atoms with Crippen molar-refractivity contribution in [3.63, 3.8) is 0 Å². The molecule has 0 atom stereocenters. The summed E-state index contributed by atoms with van der Waals surface area (Å²) >= 11 is 0. The van der Waals surface area contributed by atoms with Gasteiger partial charge in [0.15, 0.2) is 0 Å². The van der Waals surface area contributed by atoms with Gasteiger partial charge in [0.2, 0.25) is 0 Å². The van der Waals surface area contributed by atoms with Crippen LogP contribution in [0.5, 0.6) is 0 Å². The molecule has 0 N–H and O–H groups in total. The molecule has 0 nitrogen and oxygen atoms in total. The van der Waals surface area contributed by atoms with E-state index in [0.717, 1.165) is 0 Å². The Morgan fingerprint density at radius 3 is 0.831 bits per heavy atom. The topological polar surface area (TPSA) is 0 Å². The molecule has 0 bridgehead atoms. The second kappa shape index (κ2) is 16.4. The fourth-order valence-corrected chi connectivity index (χ4v) is 25.2. The summed E-state index contributed by atoms with van der Waals surface area (Å²) in [5.74, 6) is 0. The van der Waals surface area contributed by atoms with Gasteiger partial charge in [0.25, 0.3) is 0 Å². The van der Waals surface area contributed by atoms with Gasteiger partial charge >= 0.3 is 0 Å². The van der Waals surface area contributed by atoms with Gasteiger partial charge in [-0.15, -0.1) is 0 Å². The van der Waals surface area contributed by atoms with E-state index in [1.807, 2.05) is 0 Å². The van der Waals surface area contributed by atoms with Crippen LogP contribution in [0.1, 0.15) is 74.9 Å². The zero-order chi connectivity index (χ0) is 56.4. The van der Waals surface area contributed by atoms with Gasteiger partial charge in [-0.1, -0.05) is 250 Å². The standard InChI is InChI=1S/C81H66Si2/c1-79(2)67-45-65-69(80(3,4)71-41-61(51-29-17-19-31-53(51)73(65)71)59-39-23-37-57-55-35-21-33-49(47-25-13-11-14-26-47)75(55)82(7,8)77(57)59)43-63(67)64-44-70-66(46-68(64)79)74-54-32-20-18-30-52(54)62(42-72(74)81(70,5)6)60-40-24-38-58-56-36-22-34-50(48-27-15-12-16-28-48)76(56)83(9,10)78(58)60/h11-46H,1-10H3. The van der Waals surface area contributed by atoms with Crippen LogP contribution >= 0.6 is 0 Å². The Kier molecular flexibility index (Phi) is 9.75. The van der Waals surface area contributed by atoms with Crippen LogP contribution in [0.2, 0.25) is 26.2 Å². The predicted molar refractivity (Wildman–Crippen MR) is 360 cm³/mol. The minimum Gasteiger partial charge on any atom is -0.0622 e. The Morgan fingerprint density at radius 2 is 0.470 bits per heavy atom. The van der Waals surface area contributed by atoms with Crippen molar-refractivity contribution in [2.24, 2.45) is 0 Å². The first-order valence-electron chi connectivity index (χ1n) is 30.2. The highest BCUT2D eigenvalue weighted by Crippen LogP contribution is 2.62. The van der Waals surface area contributed by atoms with Crippen molar-refractivity contribution >= 4 is 58.4 Å². The lowest BCUT2D eigenvalue weighted by atomic mass is 9.78. The van der Waals surface area contributed by atoms with Crippen LogP contribution < -0.4 is 20.7 Å². The van der Waals surface area contributed by atoms with E-state index in [-0.39, 0.29) is 16.2 Å². The Labute approximate surface area is 491 Å². The minimum atomic E-state index is -2.21. The predicted octanol–water partition coefficient (Wildman–Crippen LogP) is 19.2. The maximum Gasteiger partial charge on any atom is 0.115 e. The van der Waals surface area contributed by atoms with Crippen molar-refractivity contribution in [2.75, 3.05) is 0 Å². The third-order valence-corrected chi connectivity index (χ3v) is 28.5. The molecule has 3 aliphatic carbocycles. The summed E-state index contributed by atoms with van der Waals surface area (Å²) in [6, 6.07) is 85.0. The first-order valence-corrected chi connectivity index (χ1v) is 36.2. The lowest BCUT2D eigenvalue weighted by Crippen LogP contribution is -2.50. The highest BCUT2D eigenvalue weighted by atomic mass is 28.3. The van der Waals surface area contributed by atoms with Crippen LogP contribution in [0, 0.1) is 0 Å². The first kappa shape index (κ1) is 49.2. The van der Waals surface area contributed by atoms with Crippen LogP contribution in [-0.2, 0) is 16.2 Å². The molecule has 2 heteroatoms. The molecule has 0 spiro atoms. The molecular weight excluding hydrogens is 1030 g/mol. The van der Waals surface area contributed by atoms with Gasteiger partial charge in [0.1, 0.15) is 16.1 Å². The molecule has 5 aliphatic rings. The maximum atomic E-state index is 2.64. The molecule has 0 saturated carbocycles. The molecule has 17 rings (SSSR count). The van der Waals surface area contributed by atoms with Crippen molar-refractivity contribution in [2.45, 2.75) is 84.0 Å². The number of rotatable bonds is 4. The molecule has 2 aliphatic heterocycles. The largest absolute Gasteiger partial charge is 0.115 e. The van der Waals surface area contributed by atoms with Crippen molar-refractivity contribution in [3.8, 4) is 100 Å². The molecule has 0 amide bonds. The summed E-state index contributed by atoms with van der Waals surface area (Å²) in [6.07, 6.45) is 0. The molecule has 12 aromatic carbocycles. The number of hydrogen-bond donors (Lipinski definition) is 0. The second-order valence-electron chi connectivity index (χ2n) is 27.4. The lowest BCUT2D eigenvalue weighted by Gasteiger charge is -2.27. The van der Waals surface area contributed by atoms with E-state index < -0.39 is 16.1 Å². The summed E-state index contributed by atoms with van der Waals surface area (Å²) < 4.78 is 0. The molecular formula is C81H66Si2. The van der Waals surface area contributed by atoms with Gasteiger partial charge in [-0.25, -0.2) is 0 Å². The molecule has 0 aromatic heterocycles. The minimum absolute atomic E-state index is 0.219. The van der Waals surface area contributed by atoms with Crippen LogP contribution in [0.3, 0.4) is 0 Å². The molecule has 0 saturated heterocycles. The average molecular weight is 1100 g/mol. The van der Waals surface area contributed by atoms with E-state index in [1.54, 1.807) is 20.7 Å². The summed E-state index contributed by atoms with van der Waals surface area (Å²) in [5.41, 5.74) is 32.9. The van der Waals surface area contributed by atoms with Gasteiger partial charge in [-0.05, 0) is 212 Å². The summed E-state index contributed by atoms with van der Waals surface area (Å²) in [4.78, 5) is 0. The highest BCUT2D eigenvalue weighted by molar-refractivity contribution is 7.06. The van der Waals surface area contributed by atoms with Crippen molar-refractivity contribution in [3.05, 3.63) is 252 Å². The van der Waals surface area contributed by atoms with E-state index in [0.29, 0.717) is 0 Å².